The van der Waals surface area contributed by atoms with Crippen molar-refractivity contribution in [2.75, 3.05) is 0 Å². The first-order chi connectivity index (χ1) is 12.8. The van der Waals surface area contributed by atoms with Crippen LogP contribution in [-0.4, -0.2) is 19.6 Å². The lowest BCUT2D eigenvalue weighted by Crippen LogP contribution is -2.38. The summed E-state index contributed by atoms with van der Waals surface area (Å²) < 4.78 is 2.02. The first kappa shape index (κ1) is 16.2. The Morgan fingerprint density at radius 1 is 0.731 bits per heavy atom. The molecular formula is C22H19N3O. The molecule has 4 heteroatoms. The van der Waals surface area contributed by atoms with Crippen LogP contribution >= 0.6 is 0 Å². The highest BCUT2D eigenvalue weighted by Crippen LogP contribution is 2.42. The molecule has 1 aromatic carbocycles. The fourth-order valence-electron chi connectivity index (χ4n) is 3.44. The molecule has 4 rings (SSSR count). The number of benzene rings is 1. The van der Waals surface area contributed by atoms with Crippen LogP contribution in [0.2, 0.25) is 0 Å². The lowest BCUT2D eigenvalue weighted by molar-refractivity contribution is 0.0377. The van der Waals surface area contributed by atoms with Crippen LogP contribution in [0.3, 0.4) is 0 Å². The molecule has 4 aromatic rings. The number of nitrogens with zero attached hydrogens (tertiary/aromatic N) is 3. The van der Waals surface area contributed by atoms with Crippen molar-refractivity contribution >= 4 is 0 Å². The van der Waals surface area contributed by atoms with Crippen molar-refractivity contribution in [1.82, 2.24) is 14.5 Å². The standard InChI is InChI=1S/C22H19N3O/c26-22(19-10-6-12-23-16-19,20-11-7-13-24-17-20)21(25-14-4-5-15-25)18-8-2-1-3-9-18/h1-17,21,26H. The Balaban J connectivity index is 2.00. The predicted octanol–water partition coefficient (Wildman–Crippen LogP) is 3.80. The zero-order chi connectivity index (χ0) is 17.8. The van der Waals surface area contributed by atoms with E-state index in [1.165, 1.54) is 0 Å². The third-order valence-electron chi connectivity index (χ3n) is 4.64. The highest BCUT2D eigenvalue weighted by atomic mass is 16.3. The van der Waals surface area contributed by atoms with Crippen LogP contribution in [0.5, 0.6) is 0 Å². The van der Waals surface area contributed by atoms with Crippen LogP contribution in [0.15, 0.2) is 104 Å². The molecule has 3 aromatic heterocycles. The molecule has 4 nitrogen and oxygen atoms in total. The summed E-state index contributed by atoms with van der Waals surface area (Å²) in [5.74, 6) is 0. The van der Waals surface area contributed by atoms with Crippen molar-refractivity contribution < 1.29 is 5.11 Å². The molecule has 1 atom stereocenters. The number of rotatable bonds is 5. The average Bonchev–Trinajstić information content (AvgIpc) is 3.24. The van der Waals surface area contributed by atoms with Gasteiger partial charge < -0.3 is 9.67 Å². The van der Waals surface area contributed by atoms with E-state index in [4.69, 9.17) is 0 Å². The van der Waals surface area contributed by atoms with E-state index in [1.807, 2.05) is 83.7 Å². The molecule has 3 heterocycles. The van der Waals surface area contributed by atoms with Gasteiger partial charge in [0.2, 0.25) is 0 Å². The molecule has 0 aliphatic carbocycles. The molecular weight excluding hydrogens is 322 g/mol. The van der Waals surface area contributed by atoms with Gasteiger partial charge in [-0.2, -0.15) is 0 Å². The highest BCUT2D eigenvalue weighted by Gasteiger charge is 2.42. The lowest BCUT2D eigenvalue weighted by Gasteiger charge is -2.38. The summed E-state index contributed by atoms with van der Waals surface area (Å²) in [6, 6.07) is 21.0. The van der Waals surface area contributed by atoms with Crippen molar-refractivity contribution in [3.8, 4) is 0 Å². The minimum Gasteiger partial charge on any atom is -0.378 e. The maximum absolute atomic E-state index is 12.1. The summed E-state index contributed by atoms with van der Waals surface area (Å²) in [6.45, 7) is 0. The second kappa shape index (κ2) is 6.94. The van der Waals surface area contributed by atoms with Gasteiger partial charge in [-0.15, -0.1) is 0 Å². The number of pyridine rings is 2. The molecule has 128 valence electrons. The fourth-order valence-corrected chi connectivity index (χ4v) is 3.44. The molecule has 0 radical (unpaired) electrons. The summed E-state index contributed by atoms with van der Waals surface area (Å²) in [5, 5.41) is 12.1. The molecule has 1 unspecified atom stereocenters. The van der Waals surface area contributed by atoms with Gasteiger partial charge in [0.15, 0.2) is 0 Å². The van der Waals surface area contributed by atoms with Gasteiger partial charge in [-0.25, -0.2) is 0 Å². The van der Waals surface area contributed by atoms with Crippen LogP contribution in [-0.2, 0) is 5.60 Å². The Morgan fingerprint density at radius 3 is 1.81 bits per heavy atom. The van der Waals surface area contributed by atoms with Gasteiger partial charge in [0.1, 0.15) is 5.60 Å². The van der Waals surface area contributed by atoms with E-state index in [0.717, 1.165) is 16.7 Å². The van der Waals surface area contributed by atoms with E-state index in [0.29, 0.717) is 0 Å². The number of aromatic nitrogens is 3. The summed E-state index contributed by atoms with van der Waals surface area (Å²) in [4.78, 5) is 8.49. The third kappa shape index (κ3) is 2.80. The second-order valence-electron chi connectivity index (χ2n) is 6.19. The van der Waals surface area contributed by atoms with Crippen LogP contribution < -0.4 is 0 Å². The molecule has 0 saturated heterocycles. The molecule has 0 bridgehead atoms. The Labute approximate surface area is 152 Å². The molecule has 0 amide bonds. The van der Waals surface area contributed by atoms with Crippen molar-refractivity contribution in [3.63, 3.8) is 0 Å². The van der Waals surface area contributed by atoms with Crippen LogP contribution in [0.25, 0.3) is 0 Å². The maximum atomic E-state index is 12.1. The first-order valence-corrected chi connectivity index (χ1v) is 8.51. The fraction of sp³-hybridized carbons (Fsp3) is 0.0909. The first-order valence-electron chi connectivity index (χ1n) is 8.51. The van der Waals surface area contributed by atoms with E-state index in [-0.39, 0.29) is 6.04 Å². The molecule has 0 aliphatic rings. The zero-order valence-electron chi connectivity index (χ0n) is 14.2. The second-order valence-corrected chi connectivity index (χ2v) is 6.19. The Kier molecular flexibility index (Phi) is 4.33. The van der Waals surface area contributed by atoms with Crippen LogP contribution in [0, 0.1) is 0 Å². The average molecular weight is 341 g/mol. The molecule has 26 heavy (non-hydrogen) atoms. The van der Waals surface area contributed by atoms with E-state index in [1.54, 1.807) is 24.8 Å². The van der Waals surface area contributed by atoms with Crippen molar-refractivity contribution in [1.29, 1.82) is 0 Å². The van der Waals surface area contributed by atoms with Crippen LogP contribution in [0.4, 0.5) is 0 Å². The summed E-state index contributed by atoms with van der Waals surface area (Å²) in [6.07, 6.45) is 10.8. The summed E-state index contributed by atoms with van der Waals surface area (Å²) >= 11 is 0. The van der Waals surface area contributed by atoms with Gasteiger partial charge in [0.05, 0.1) is 6.04 Å². The van der Waals surface area contributed by atoms with Gasteiger partial charge in [0, 0.05) is 48.3 Å². The topological polar surface area (TPSA) is 50.9 Å². The number of aliphatic hydroxyl groups is 1. The summed E-state index contributed by atoms with van der Waals surface area (Å²) in [5.41, 5.74) is 1.10. The van der Waals surface area contributed by atoms with Gasteiger partial charge in [-0.3, -0.25) is 9.97 Å². The molecule has 0 spiro atoms. The quantitative estimate of drug-likeness (QED) is 0.601. The molecule has 0 fully saturated rings. The highest BCUT2D eigenvalue weighted by molar-refractivity contribution is 5.40. The lowest BCUT2D eigenvalue weighted by atomic mass is 9.78. The molecule has 1 N–H and O–H groups in total. The van der Waals surface area contributed by atoms with Crippen molar-refractivity contribution in [2.45, 2.75) is 11.6 Å². The smallest absolute Gasteiger partial charge is 0.142 e. The Bertz CT molecular complexity index is 899. The normalized spacial score (nSPS) is 12.7. The maximum Gasteiger partial charge on any atom is 0.142 e. The van der Waals surface area contributed by atoms with Crippen LogP contribution in [0.1, 0.15) is 22.7 Å². The summed E-state index contributed by atoms with van der Waals surface area (Å²) in [7, 11) is 0. The van der Waals surface area contributed by atoms with Gasteiger partial charge in [-0.1, -0.05) is 42.5 Å². The van der Waals surface area contributed by atoms with Gasteiger partial charge >= 0.3 is 0 Å². The van der Waals surface area contributed by atoms with Crippen molar-refractivity contribution in [2.24, 2.45) is 0 Å². The van der Waals surface area contributed by atoms with E-state index in [2.05, 4.69) is 9.97 Å². The predicted molar refractivity (Wildman–Crippen MR) is 100 cm³/mol. The van der Waals surface area contributed by atoms with Gasteiger partial charge in [-0.05, 0) is 29.8 Å². The zero-order valence-corrected chi connectivity index (χ0v) is 14.2. The number of hydrogen-bond acceptors (Lipinski definition) is 3. The monoisotopic (exact) mass is 341 g/mol. The van der Waals surface area contributed by atoms with Crippen molar-refractivity contribution in [3.05, 3.63) is 121 Å². The Morgan fingerprint density at radius 2 is 1.31 bits per heavy atom. The number of hydrogen-bond donors (Lipinski definition) is 1. The van der Waals surface area contributed by atoms with E-state index >= 15 is 0 Å². The Hall–Kier alpha value is -3.24. The third-order valence-corrected chi connectivity index (χ3v) is 4.64. The minimum atomic E-state index is -1.33. The van der Waals surface area contributed by atoms with E-state index < -0.39 is 5.60 Å². The SMILES string of the molecule is OC(c1cccnc1)(c1cccnc1)C(c1ccccc1)n1cccc1. The molecule has 0 saturated carbocycles. The molecule has 0 aliphatic heterocycles. The van der Waals surface area contributed by atoms with Gasteiger partial charge in [0.25, 0.3) is 0 Å². The van der Waals surface area contributed by atoms with E-state index in [9.17, 15) is 5.11 Å². The minimum absolute atomic E-state index is 0.368. The largest absolute Gasteiger partial charge is 0.378 e.